The third-order valence-electron chi connectivity index (χ3n) is 0. The molecule has 0 rings (SSSR count). The van der Waals surface area contributed by atoms with Crippen molar-refractivity contribution in [3.05, 3.63) is 0 Å². The molecule has 0 bridgehead atoms. The molecule has 0 saturated heterocycles. The molecule has 2 N–H and O–H groups in total. The van der Waals surface area contributed by atoms with Crippen LogP contribution < -0.4 is 0 Å². The SMILES string of the molecule is C[Te]C.O. The van der Waals surface area contributed by atoms with Crippen LogP contribution in [0.5, 0.6) is 0 Å². The first-order chi connectivity index (χ1) is 1.41. The second-order valence-corrected chi connectivity index (χ2v) is 2.74. The van der Waals surface area contributed by atoms with Gasteiger partial charge in [0.1, 0.15) is 0 Å². The van der Waals surface area contributed by atoms with E-state index in [-0.39, 0.29) is 5.48 Å². The van der Waals surface area contributed by atoms with Crippen LogP contribution in [0.15, 0.2) is 0 Å². The fraction of sp³-hybridized carbons (Fsp3) is 1.00. The molecule has 0 radical (unpaired) electrons. The van der Waals surface area contributed by atoms with E-state index in [4.69, 9.17) is 0 Å². The molecule has 0 aliphatic heterocycles. The Morgan fingerprint density at radius 1 is 1.25 bits per heavy atom. The minimum Gasteiger partial charge on any atom is -0.412 e. The van der Waals surface area contributed by atoms with Gasteiger partial charge in [0, 0.05) is 0 Å². The van der Waals surface area contributed by atoms with E-state index in [1.165, 1.54) is 0 Å². The Hall–Kier alpha value is 0.750. The zero-order valence-electron chi connectivity index (χ0n) is 2.91. The second-order valence-electron chi connectivity index (χ2n) is 0.408. The average molecular weight is 176 g/mol. The molecule has 0 spiro atoms. The molecule has 1 nitrogen and oxygen atoms in total. The fourth-order valence-electron chi connectivity index (χ4n) is 0. The molecule has 0 aliphatic carbocycles. The van der Waals surface area contributed by atoms with Crippen LogP contribution in [0.3, 0.4) is 0 Å². The van der Waals surface area contributed by atoms with Gasteiger partial charge in [-0.05, 0) is 0 Å². The molecule has 0 aromatic heterocycles. The largest absolute Gasteiger partial charge is 0.412 e. The Bertz CT molecular complexity index is 6.00. The minimum atomic E-state index is 0. The van der Waals surface area contributed by atoms with E-state index >= 15 is 0 Å². The van der Waals surface area contributed by atoms with Crippen LogP contribution in [-0.4, -0.2) is 26.4 Å². The molecule has 0 unspecified atom stereocenters. The number of hydrogen-bond acceptors (Lipinski definition) is 0. The summed E-state index contributed by atoms with van der Waals surface area (Å²) in [5.74, 6) is 0. The van der Waals surface area contributed by atoms with Gasteiger partial charge in [0.05, 0.1) is 0 Å². The van der Waals surface area contributed by atoms with Gasteiger partial charge in [0.2, 0.25) is 0 Å². The summed E-state index contributed by atoms with van der Waals surface area (Å²) >= 11 is 0.470. The zero-order chi connectivity index (χ0) is 2.71. The van der Waals surface area contributed by atoms with Gasteiger partial charge >= 0.3 is 30.9 Å². The van der Waals surface area contributed by atoms with Crippen molar-refractivity contribution in [2.75, 3.05) is 0 Å². The Kier molecular flexibility index (Phi) is 20.4. The molecular formula is C2H8OTe. The first-order valence-corrected chi connectivity index (χ1v) is 5.48. The summed E-state index contributed by atoms with van der Waals surface area (Å²) in [5, 5.41) is 0. The van der Waals surface area contributed by atoms with Crippen LogP contribution in [0.2, 0.25) is 9.94 Å². The van der Waals surface area contributed by atoms with E-state index in [0.717, 1.165) is 0 Å². The van der Waals surface area contributed by atoms with Gasteiger partial charge in [-0.3, -0.25) is 0 Å². The van der Waals surface area contributed by atoms with Crippen molar-refractivity contribution in [1.29, 1.82) is 0 Å². The van der Waals surface area contributed by atoms with E-state index in [0.29, 0.717) is 20.9 Å². The Morgan fingerprint density at radius 2 is 1.25 bits per heavy atom. The summed E-state index contributed by atoms with van der Waals surface area (Å²) in [7, 11) is 0. The first-order valence-electron chi connectivity index (χ1n) is 0.816. The maximum atomic E-state index is 2.26. The van der Waals surface area contributed by atoms with Gasteiger partial charge in [0.25, 0.3) is 0 Å². The van der Waals surface area contributed by atoms with Gasteiger partial charge in [-0.2, -0.15) is 0 Å². The van der Waals surface area contributed by atoms with Crippen molar-refractivity contribution < 1.29 is 5.48 Å². The smallest absolute Gasteiger partial charge is 0.412 e. The molecule has 4 heavy (non-hydrogen) atoms. The van der Waals surface area contributed by atoms with Crippen molar-refractivity contribution in [1.82, 2.24) is 0 Å². The molecule has 0 aromatic carbocycles. The average Bonchev–Trinajstić information content (AvgIpc) is 0.918. The summed E-state index contributed by atoms with van der Waals surface area (Å²) in [6.45, 7) is 0. The van der Waals surface area contributed by atoms with E-state index < -0.39 is 0 Å². The van der Waals surface area contributed by atoms with Crippen LogP contribution >= 0.6 is 0 Å². The minimum absolute atomic E-state index is 0. The van der Waals surface area contributed by atoms with Gasteiger partial charge < -0.3 is 5.48 Å². The molecule has 0 fully saturated rings. The summed E-state index contributed by atoms with van der Waals surface area (Å²) in [6, 6.07) is 0. The zero-order valence-corrected chi connectivity index (χ0v) is 5.24. The topological polar surface area (TPSA) is 31.5 Å². The molecule has 2 heteroatoms. The normalized spacial score (nSPS) is 4.50. The first kappa shape index (κ1) is 8.83. The number of hydrogen-bond donors (Lipinski definition) is 0. The molecule has 0 saturated carbocycles. The fourth-order valence-corrected chi connectivity index (χ4v) is 0. The molecule has 28 valence electrons. The molecular weight excluding hydrogens is 168 g/mol. The summed E-state index contributed by atoms with van der Waals surface area (Å²) in [4.78, 5) is 4.51. The Morgan fingerprint density at radius 3 is 1.25 bits per heavy atom. The van der Waals surface area contributed by atoms with Crippen molar-refractivity contribution in [3.63, 3.8) is 0 Å². The van der Waals surface area contributed by atoms with Gasteiger partial charge in [-0.1, -0.05) is 0 Å². The van der Waals surface area contributed by atoms with Crippen LogP contribution in [-0.2, 0) is 0 Å². The van der Waals surface area contributed by atoms with Crippen molar-refractivity contribution in [3.8, 4) is 0 Å². The van der Waals surface area contributed by atoms with E-state index in [1.807, 2.05) is 0 Å². The third-order valence-corrected chi connectivity index (χ3v) is 0. The Balaban J connectivity index is 0. The van der Waals surface area contributed by atoms with Crippen LogP contribution in [0, 0.1) is 0 Å². The van der Waals surface area contributed by atoms with Crippen LogP contribution in [0.4, 0.5) is 0 Å². The summed E-state index contributed by atoms with van der Waals surface area (Å²) in [6.07, 6.45) is 0. The van der Waals surface area contributed by atoms with Gasteiger partial charge in [0.15, 0.2) is 0 Å². The maximum Gasteiger partial charge on any atom is -0.412 e. The molecule has 0 aliphatic rings. The van der Waals surface area contributed by atoms with Crippen LogP contribution in [0.25, 0.3) is 0 Å². The summed E-state index contributed by atoms with van der Waals surface area (Å²) in [5.41, 5.74) is 0. The molecule has 0 amide bonds. The quantitative estimate of drug-likeness (QED) is 0.463. The van der Waals surface area contributed by atoms with E-state index in [9.17, 15) is 0 Å². The maximum absolute atomic E-state index is 2.26. The van der Waals surface area contributed by atoms with E-state index in [1.54, 1.807) is 0 Å². The van der Waals surface area contributed by atoms with Crippen LogP contribution in [0.1, 0.15) is 0 Å². The molecule has 0 atom stereocenters. The predicted octanol–water partition coefficient (Wildman–Crippen LogP) is -0.0379. The monoisotopic (exact) mass is 178 g/mol. The second kappa shape index (κ2) is 9.26. The van der Waals surface area contributed by atoms with Crippen molar-refractivity contribution >= 4 is 20.9 Å². The summed E-state index contributed by atoms with van der Waals surface area (Å²) < 4.78 is 0. The van der Waals surface area contributed by atoms with E-state index in [2.05, 4.69) is 9.94 Å². The predicted molar refractivity (Wildman–Crippen MR) is 21.1 cm³/mol. The molecule has 0 heterocycles. The molecule has 0 aromatic rings. The van der Waals surface area contributed by atoms with Gasteiger partial charge in [-0.25, -0.2) is 0 Å². The van der Waals surface area contributed by atoms with Crippen molar-refractivity contribution in [2.45, 2.75) is 9.94 Å². The van der Waals surface area contributed by atoms with Crippen molar-refractivity contribution in [2.24, 2.45) is 0 Å². The third kappa shape index (κ3) is 15.0. The Labute approximate surface area is 36.8 Å². The standard InChI is InChI=1S/C2H6Te.H2O/c1-3-2;/h1-2H3;1H2. The van der Waals surface area contributed by atoms with Gasteiger partial charge in [-0.15, -0.1) is 0 Å². The number of rotatable bonds is 0.